The average molecular weight is 273 g/mol. The second-order valence-electron chi connectivity index (χ2n) is 3.24. The van der Waals surface area contributed by atoms with Crippen LogP contribution in [0.25, 0.3) is 0 Å². The number of nitrogens with one attached hydrogen (secondary N) is 2. The zero-order valence-corrected chi connectivity index (χ0v) is 10.6. The van der Waals surface area contributed by atoms with Gasteiger partial charge < -0.3 is 5.73 Å². The lowest BCUT2D eigenvalue weighted by Gasteiger charge is -2.07. The quantitative estimate of drug-likeness (QED) is 0.669. The molecule has 0 unspecified atom stereocenters. The molecule has 0 aromatic heterocycles. The second-order valence-corrected chi connectivity index (χ2v) is 5.36. The molecular weight excluding hydrogens is 262 g/mol. The van der Waals surface area contributed by atoms with Crippen LogP contribution in [-0.4, -0.2) is 19.6 Å². The third-order valence-corrected chi connectivity index (χ3v) is 3.24. The number of carbonyl (C=O) groups is 1. The lowest BCUT2D eigenvalue weighted by molar-refractivity contribution is 0.250. The van der Waals surface area contributed by atoms with Gasteiger partial charge >= 0.3 is 6.03 Å². The van der Waals surface area contributed by atoms with Crippen LogP contribution < -0.4 is 15.8 Å². The molecule has 17 heavy (non-hydrogen) atoms. The fourth-order valence-electron chi connectivity index (χ4n) is 1.04. The van der Waals surface area contributed by atoms with Gasteiger partial charge in [0, 0.05) is 0 Å². The molecule has 4 N–H and O–H groups in total. The SMILES string of the molecule is Cc1ccc(S(=O)(=O)NC(=O)NC(N)=S)cc1. The maximum absolute atomic E-state index is 11.7. The molecule has 0 fully saturated rings. The lowest BCUT2D eigenvalue weighted by Crippen LogP contribution is -2.44. The standard InChI is InChI=1S/C9H11N3O3S2/c1-6-2-4-7(5-3-6)17(14,15)12-9(13)11-8(10)16/h2-5H,1H3,(H4,10,11,12,13,16). The molecule has 0 bridgehead atoms. The highest BCUT2D eigenvalue weighted by atomic mass is 32.2. The van der Waals surface area contributed by atoms with Gasteiger partial charge in [0.1, 0.15) is 0 Å². The maximum Gasteiger partial charge on any atom is 0.334 e. The predicted molar refractivity (Wildman–Crippen MR) is 66.8 cm³/mol. The molecule has 0 saturated heterocycles. The van der Waals surface area contributed by atoms with E-state index < -0.39 is 16.1 Å². The third kappa shape index (κ3) is 4.00. The molecule has 92 valence electrons. The fraction of sp³-hybridized carbons (Fsp3) is 0.111. The lowest BCUT2D eigenvalue weighted by atomic mass is 10.2. The minimum Gasteiger partial charge on any atom is -0.376 e. The Labute approximate surface area is 104 Å². The summed E-state index contributed by atoms with van der Waals surface area (Å²) in [7, 11) is -3.90. The molecule has 0 atom stereocenters. The molecule has 8 heteroatoms. The predicted octanol–water partition coefficient (Wildman–Crippen LogP) is 0.227. The average Bonchev–Trinajstić information content (AvgIpc) is 2.15. The van der Waals surface area contributed by atoms with Gasteiger partial charge in [-0.1, -0.05) is 17.7 Å². The fourth-order valence-corrected chi connectivity index (χ4v) is 2.04. The first-order valence-corrected chi connectivity index (χ1v) is 6.40. The highest BCUT2D eigenvalue weighted by Crippen LogP contribution is 2.09. The van der Waals surface area contributed by atoms with E-state index in [4.69, 9.17) is 5.73 Å². The topological polar surface area (TPSA) is 101 Å². The summed E-state index contributed by atoms with van der Waals surface area (Å²) >= 11 is 4.41. The Kier molecular flexibility index (Phi) is 4.02. The molecule has 0 saturated carbocycles. The first-order chi connectivity index (χ1) is 7.81. The van der Waals surface area contributed by atoms with Crippen molar-refractivity contribution in [2.45, 2.75) is 11.8 Å². The summed E-state index contributed by atoms with van der Waals surface area (Å²) in [6.07, 6.45) is 0. The summed E-state index contributed by atoms with van der Waals surface area (Å²) < 4.78 is 25.1. The van der Waals surface area contributed by atoms with E-state index in [9.17, 15) is 13.2 Å². The van der Waals surface area contributed by atoms with Crippen LogP contribution in [0.5, 0.6) is 0 Å². The number of hydrogen-bond donors (Lipinski definition) is 3. The van der Waals surface area contributed by atoms with E-state index in [1.807, 2.05) is 12.2 Å². The summed E-state index contributed by atoms with van der Waals surface area (Å²) in [6, 6.07) is 5.05. The molecule has 0 spiro atoms. The number of carbonyl (C=O) groups excluding carboxylic acids is 1. The van der Waals surface area contributed by atoms with Gasteiger partial charge in [-0.2, -0.15) is 0 Å². The van der Waals surface area contributed by atoms with Crippen LogP contribution in [0.15, 0.2) is 29.2 Å². The molecule has 1 rings (SSSR count). The number of amides is 2. The van der Waals surface area contributed by atoms with E-state index in [-0.39, 0.29) is 10.0 Å². The van der Waals surface area contributed by atoms with Crippen LogP contribution in [0.3, 0.4) is 0 Å². The van der Waals surface area contributed by atoms with Crippen LogP contribution in [0.4, 0.5) is 4.79 Å². The Bertz CT molecular complexity index is 537. The second kappa shape index (κ2) is 5.11. The van der Waals surface area contributed by atoms with E-state index in [2.05, 4.69) is 12.2 Å². The molecule has 1 aromatic carbocycles. The van der Waals surface area contributed by atoms with Gasteiger partial charge in [-0.15, -0.1) is 0 Å². The van der Waals surface area contributed by atoms with Crippen LogP contribution in [-0.2, 0) is 10.0 Å². The Hall–Kier alpha value is -1.67. The molecule has 6 nitrogen and oxygen atoms in total. The summed E-state index contributed by atoms with van der Waals surface area (Å²) in [6.45, 7) is 1.82. The van der Waals surface area contributed by atoms with Crippen molar-refractivity contribution in [3.63, 3.8) is 0 Å². The minimum atomic E-state index is -3.90. The Balaban J connectivity index is 2.86. The van der Waals surface area contributed by atoms with Crippen LogP contribution in [0, 0.1) is 6.92 Å². The number of hydrogen-bond acceptors (Lipinski definition) is 4. The largest absolute Gasteiger partial charge is 0.376 e. The summed E-state index contributed by atoms with van der Waals surface area (Å²) in [5.41, 5.74) is 5.95. The number of aryl methyl sites for hydroxylation is 1. The Morgan fingerprint density at radius 2 is 1.82 bits per heavy atom. The van der Waals surface area contributed by atoms with E-state index in [1.165, 1.54) is 12.1 Å². The zero-order valence-electron chi connectivity index (χ0n) is 8.93. The van der Waals surface area contributed by atoms with E-state index >= 15 is 0 Å². The number of nitrogens with two attached hydrogens (primary N) is 1. The van der Waals surface area contributed by atoms with Crippen molar-refractivity contribution in [2.75, 3.05) is 0 Å². The molecule has 0 radical (unpaired) electrons. The van der Waals surface area contributed by atoms with Crippen molar-refractivity contribution in [3.05, 3.63) is 29.8 Å². The van der Waals surface area contributed by atoms with Gasteiger partial charge in [-0.05, 0) is 31.3 Å². The van der Waals surface area contributed by atoms with Gasteiger partial charge in [0.05, 0.1) is 4.90 Å². The molecule has 1 aromatic rings. The number of rotatable bonds is 2. The number of urea groups is 1. The zero-order chi connectivity index (χ0) is 13.1. The van der Waals surface area contributed by atoms with Crippen molar-refractivity contribution < 1.29 is 13.2 Å². The third-order valence-electron chi connectivity index (χ3n) is 1.80. The van der Waals surface area contributed by atoms with E-state index in [1.54, 1.807) is 16.9 Å². The molecular formula is C9H11N3O3S2. The van der Waals surface area contributed by atoms with Crippen molar-refractivity contribution >= 4 is 33.4 Å². The first kappa shape index (κ1) is 13.4. The molecule has 0 heterocycles. The Morgan fingerprint density at radius 3 is 2.29 bits per heavy atom. The summed E-state index contributed by atoms with van der Waals surface area (Å²) in [5.74, 6) is 0. The van der Waals surface area contributed by atoms with Crippen LogP contribution in [0.2, 0.25) is 0 Å². The summed E-state index contributed by atoms with van der Waals surface area (Å²) in [4.78, 5) is 11.1. The van der Waals surface area contributed by atoms with Crippen molar-refractivity contribution in [1.82, 2.24) is 10.0 Å². The van der Waals surface area contributed by atoms with Crippen molar-refractivity contribution in [3.8, 4) is 0 Å². The molecule has 0 aliphatic carbocycles. The molecule has 0 aliphatic heterocycles. The van der Waals surface area contributed by atoms with Crippen LogP contribution >= 0.6 is 12.2 Å². The van der Waals surface area contributed by atoms with Crippen LogP contribution in [0.1, 0.15) is 5.56 Å². The highest BCUT2D eigenvalue weighted by molar-refractivity contribution is 7.90. The van der Waals surface area contributed by atoms with Gasteiger partial charge in [0.2, 0.25) is 0 Å². The number of benzene rings is 1. The van der Waals surface area contributed by atoms with Gasteiger partial charge in [-0.25, -0.2) is 17.9 Å². The maximum atomic E-state index is 11.7. The number of sulfonamides is 1. The normalized spacial score (nSPS) is 10.6. The number of thiocarbonyl (C=S) groups is 1. The molecule has 0 aliphatic rings. The van der Waals surface area contributed by atoms with Gasteiger partial charge in [0.25, 0.3) is 10.0 Å². The molecule has 2 amide bonds. The van der Waals surface area contributed by atoms with Crippen molar-refractivity contribution in [2.24, 2.45) is 5.73 Å². The first-order valence-electron chi connectivity index (χ1n) is 4.51. The van der Waals surface area contributed by atoms with E-state index in [0.717, 1.165) is 5.56 Å². The minimum absolute atomic E-state index is 0.0128. The van der Waals surface area contributed by atoms with Crippen molar-refractivity contribution in [1.29, 1.82) is 0 Å². The summed E-state index contributed by atoms with van der Waals surface area (Å²) in [5, 5.41) is 1.66. The smallest absolute Gasteiger partial charge is 0.334 e. The highest BCUT2D eigenvalue weighted by Gasteiger charge is 2.17. The Morgan fingerprint density at radius 1 is 1.29 bits per heavy atom. The van der Waals surface area contributed by atoms with Gasteiger partial charge in [0.15, 0.2) is 5.11 Å². The van der Waals surface area contributed by atoms with Gasteiger partial charge in [-0.3, -0.25) is 5.32 Å². The van der Waals surface area contributed by atoms with E-state index in [0.29, 0.717) is 0 Å². The monoisotopic (exact) mass is 273 g/mol.